The number of amides is 1. The number of pyridine rings is 1. The topological polar surface area (TPSA) is 62.2 Å². The molecule has 0 saturated carbocycles. The fourth-order valence-electron chi connectivity index (χ4n) is 1.34. The summed E-state index contributed by atoms with van der Waals surface area (Å²) in [5, 5.41) is 12.5. The molecule has 0 aliphatic carbocycles. The molecule has 4 nitrogen and oxygen atoms in total. The highest BCUT2D eigenvalue weighted by atomic mass is 16.3. The first-order chi connectivity index (χ1) is 7.91. The monoisotopic (exact) mass is 236 g/mol. The van der Waals surface area contributed by atoms with Crippen LogP contribution in [0.2, 0.25) is 0 Å². The van der Waals surface area contributed by atoms with Crippen LogP contribution in [0.15, 0.2) is 24.4 Å². The third-order valence-corrected chi connectivity index (χ3v) is 2.60. The number of aromatic nitrogens is 1. The Morgan fingerprint density at radius 3 is 2.71 bits per heavy atom. The van der Waals surface area contributed by atoms with Crippen molar-refractivity contribution >= 4 is 5.91 Å². The third-order valence-electron chi connectivity index (χ3n) is 2.60. The first kappa shape index (κ1) is 13.6. The highest BCUT2D eigenvalue weighted by Crippen LogP contribution is 2.20. The number of nitrogens with one attached hydrogen (secondary N) is 1. The number of nitrogens with zero attached hydrogens (tertiary/aromatic N) is 1. The zero-order valence-corrected chi connectivity index (χ0v) is 10.6. The van der Waals surface area contributed by atoms with E-state index in [1.807, 2.05) is 20.8 Å². The van der Waals surface area contributed by atoms with Crippen molar-refractivity contribution in [3.63, 3.8) is 0 Å². The van der Waals surface area contributed by atoms with Gasteiger partial charge in [-0.1, -0.05) is 26.8 Å². The Morgan fingerprint density at radius 2 is 2.18 bits per heavy atom. The highest BCUT2D eigenvalue weighted by molar-refractivity contribution is 5.92. The fourth-order valence-corrected chi connectivity index (χ4v) is 1.34. The summed E-state index contributed by atoms with van der Waals surface area (Å²) in [6.07, 6.45) is 1.70. The van der Waals surface area contributed by atoms with Crippen molar-refractivity contribution in [1.82, 2.24) is 10.3 Å². The normalized spacial score (nSPS) is 13.2. The van der Waals surface area contributed by atoms with Crippen molar-refractivity contribution in [3.8, 4) is 0 Å². The Labute approximate surface area is 102 Å². The van der Waals surface area contributed by atoms with E-state index in [1.165, 1.54) is 0 Å². The van der Waals surface area contributed by atoms with Crippen LogP contribution in [-0.2, 0) is 0 Å². The van der Waals surface area contributed by atoms with Crippen LogP contribution < -0.4 is 5.32 Å². The Hall–Kier alpha value is -1.42. The second-order valence-electron chi connectivity index (χ2n) is 5.14. The van der Waals surface area contributed by atoms with Crippen LogP contribution in [0.1, 0.15) is 37.7 Å². The number of rotatable bonds is 4. The molecule has 0 radical (unpaired) electrons. The van der Waals surface area contributed by atoms with E-state index in [1.54, 1.807) is 24.4 Å². The quantitative estimate of drug-likeness (QED) is 0.835. The van der Waals surface area contributed by atoms with Crippen molar-refractivity contribution in [2.24, 2.45) is 5.41 Å². The van der Waals surface area contributed by atoms with E-state index in [0.29, 0.717) is 18.7 Å². The van der Waals surface area contributed by atoms with Gasteiger partial charge in [0.05, 0.1) is 6.10 Å². The van der Waals surface area contributed by atoms with Gasteiger partial charge in [0.25, 0.3) is 5.91 Å². The van der Waals surface area contributed by atoms with E-state index in [0.717, 1.165) is 0 Å². The van der Waals surface area contributed by atoms with Gasteiger partial charge in [-0.15, -0.1) is 0 Å². The second kappa shape index (κ2) is 5.77. The molecule has 0 aliphatic rings. The van der Waals surface area contributed by atoms with Gasteiger partial charge >= 0.3 is 0 Å². The van der Waals surface area contributed by atoms with Crippen molar-refractivity contribution in [1.29, 1.82) is 0 Å². The van der Waals surface area contributed by atoms with Crippen LogP contribution in [0.4, 0.5) is 0 Å². The first-order valence-corrected chi connectivity index (χ1v) is 5.78. The van der Waals surface area contributed by atoms with Gasteiger partial charge in [0.1, 0.15) is 5.69 Å². The molecule has 0 aliphatic heterocycles. The molecule has 1 aromatic heterocycles. The largest absolute Gasteiger partial charge is 0.393 e. The molecule has 0 spiro atoms. The van der Waals surface area contributed by atoms with Gasteiger partial charge in [0.15, 0.2) is 0 Å². The summed E-state index contributed by atoms with van der Waals surface area (Å²) in [5.74, 6) is -0.202. The predicted molar refractivity (Wildman–Crippen MR) is 66.6 cm³/mol. The standard InChI is InChI=1S/C13H20N2O2/c1-13(2,3)11(16)7-9-15-12(17)10-6-4-5-8-14-10/h4-6,8,11,16H,7,9H2,1-3H3,(H,15,17). The van der Waals surface area contributed by atoms with Gasteiger partial charge in [-0.25, -0.2) is 0 Å². The van der Waals surface area contributed by atoms with Gasteiger partial charge < -0.3 is 10.4 Å². The first-order valence-electron chi connectivity index (χ1n) is 5.78. The molecule has 0 aromatic carbocycles. The summed E-state index contributed by atoms with van der Waals surface area (Å²) in [6, 6.07) is 5.20. The van der Waals surface area contributed by atoms with Crippen molar-refractivity contribution in [2.45, 2.75) is 33.3 Å². The fraction of sp³-hybridized carbons (Fsp3) is 0.538. The molecule has 1 heterocycles. The Morgan fingerprint density at radius 1 is 1.47 bits per heavy atom. The molecule has 4 heteroatoms. The molecule has 1 amide bonds. The molecular formula is C13H20N2O2. The van der Waals surface area contributed by atoms with Crippen molar-refractivity contribution in [2.75, 3.05) is 6.54 Å². The van der Waals surface area contributed by atoms with Crippen molar-refractivity contribution < 1.29 is 9.90 Å². The van der Waals surface area contributed by atoms with E-state index in [4.69, 9.17) is 0 Å². The minimum absolute atomic E-state index is 0.157. The van der Waals surface area contributed by atoms with Gasteiger partial charge in [-0.2, -0.15) is 0 Å². The van der Waals surface area contributed by atoms with Crippen LogP contribution in [0.25, 0.3) is 0 Å². The highest BCUT2D eigenvalue weighted by Gasteiger charge is 2.21. The summed E-state index contributed by atoms with van der Waals surface area (Å²) in [5.41, 5.74) is 0.244. The number of hydrogen-bond donors (Lipinski definition) is 2. The number of aliphatic hydroxyl groups excluding tert-OH is 1. The smallest absolute Gasteiger partial charge is 0.269 e. The summed E-state index contributed by atoms with van der Waals surface area (Å²) < 4.78 is 0. The molecule has 1 unspecified atom stereocenters. The lowest BCUT2D eigenvalue weighted by Crippen LogP contribution is -2.32. The molecule has 17 heavy (non-hydrogen) atoms. The lowest BCUT2D eigenvalue weighted by molar-refractivity contribution is 0.0550. The molecule has 1 aromatic rings. The lowest BCUT2D eigenvalue weighted by atomic mass is 9.87. The summed E-state index contributed by atoms with van der Waals surface area (Å²) in [7, 11) is 0. The summed E-state index contributed by atoms with van der Waals surface area (Å²) in [4.78, 5) is 15.6. The SMILES string of the molecule is CC(C)(C)C(O)CCNC(=O)c1ccccn1. The third kappa shape index (κ3) is 4.53. The summed E-state index contributed by atoms with van der Waals surface area (Å²) in [6.45, 7) is 6.36. The Bertz CT molecular complexity index is 357. The lowest BCUT2D eigenvalue weighted by Gasteiger charge is -2.25. The summed E-state index contributed by atoms with van der Waals surface area (Å²) >= 11 is 0. The maximum Gasteiger partial charge on any atom is 0.269 e. The minimum atomic E-state index is -0.425. The van der Waals surface area contributed by atoms with Crippen LogP contribution in [0.3, 0.4) is 0 Å². The van der Waals surface area contributed by atoms with E-state index in [-0.39, 0.29) is 11.3 Å². The van der Waals surface area contributed by atoms with Crippen LogP contribution in [0, 0.1) is 5.41 Å². The van der Waals surface area contributed by atoms with Crippen molar-refractivity contribution in [3.05, 3.63) is 30.1 Å². The second-order valence-corrected chi connectivity index (χ2v) is 5.14. The average molecular weight is 236 g/mol. The number of aliphatic hydroxyl groups is 1. The number of carbonyl (C=O) groups excluding carboxylic acids is 1. The number of carbonyl (C=O) groups is 1. The molecule has 0 saturated heterocycles. The molecule has 0 bridgehead atoms. The van der Waals surface area contributed by atoms with Gasteiger partial charge in [-0.3, -0.25) is 9.78 Å². The van der Waals surface area contributed by atoms with Crippen LogP contribution >= 0.6 is 0 Å². The zero-order chi connectivity index (χ0) is 12.9. The minimum Gasteiger partial charge on any atom is -0.393 e. The molecule has 1 atom stereocenters. The predicted octanol–water partition coefficient (Wildman–Crippen LogP) is 1.61. The van der Waals surface area contributed by atoms with Crippen LogP contribution in [-0.4, -0.2) is 28.6 Å². The molecule has 1 rings (SSSR count). The van der Waals surface area contributed by atoms with Gasteiger partial charge in [-0.05, 0) is 24.0 Å². The van der Waals surface area contributed by atoms with E-state index in [9.17, 15) is 9.90 Å². The van der Waals surface area contributed by atoms with Gasteiger partial charge in [0, 0.05) is 12.7 Å². The maximum absolute atomic E-state index is 11.6. The van der Waals surface area contributed by atoms with Crippen LogP contribution in [0.5, 0.6) is 0 Å². The Kier molecular flexibility index (Phi) is 4.63. The molecular weight excluding hydrogens is 216 g/mol. The Balaban J connectivity index is 2.35. The zero-order valence-electron chi connectivity index (χ0n) is 10.6. The van der Waals surface area contributed by atoms with E-state index >= 15 is 0 Å². The molecule has 2 N–H and O–H groups in total. The van der Waals surface area contributed by atoms with Gasteiger partial charge in [0.2, 0.25) is 0 Å². The molecule has 94 valence electrons. The maximum atomic E-state index is 11.6. The van der Waals surface area contributed by atoms with E-state index < -0.39 is 6.10 Å². The average Bonchev–Trinajstić information content (AvgIpc) is 2.28. The molecule has 0 fully saturated rings. The number of hydrogen-bond acceptors (Lipinski definition) is 3. The van der Waals surface area contributed by atoms with E-state index in [2.05, 4.69) is 10.3 Å².